The Morgan fingerprint density at radius 2 is 2.27 bits per heavy atom. The zero-order valence-electron chi connectivity index (χ0n) is 9.13. The maximum absolute atomic E-state index is 6.20. The lowest BCUT2D eigenvalue weighted by Gasteiger charge is -2.25. The standard InChI is InChI=1S/C11H16ClN3/c1-3-15-10(11(12)7(2)14-15)6-8-4-9(13)5-8/h6,9H,3-5,13H2,1-2H3. The van der Waals surface area contributed by atoms with Crippen molar-refractivity contribution in [3.63, 3.8) is 0 Å². The van der Waals surface area contributed by atoms with E-state index >= 15 is 0 Å². The summed E-state index contributed by atoms with van der Waals surface area (Å²) in [5.41, 5.74) is 9.04. The van der Waals surface area contributed by atoms with E-state index < -0.39 is 0 Å². The Kier molecular flexibility index (Phi) is 2.85. The van der Waals surface area contributed by atoms with Gasteiger partial charge in [-0.1, -0.05) is 17.2 Å². The van der Waals surface area contributed by atoms with Gasteiger partial charge in [0, 0.05) is 12.6 Å². The van der Waals surface area contributed by atoms with E-state index in [9.17, 15) is 0 Å². The van der Waals surface area contributed by atoms with E-state index in [2.05, 4.69) is 18.1 Å². The molecule has 0 unspecified atom stereocenters. The summed E-state index contributed by atoms with van der Waals surface area (Å²) in [6.07, 6.45) is 4.11. The molecule has 0 radical (unpaired) electrons. The molecular weight excluding hydrogens is 210 g/mol. The van der Waals surface area contributed by atoms with Crippen molar-refractivity contribution >= 4 is 17.7 Å². The van der Waals surface area contributed by atoms with Crippen LogP contribution in [-0.2, 0) is 6.54 Å². The second-order valence-corrected chi connectivity index (χ2v) is 4.45. The van der Waals surface area contributed by atoms with Crippen molar-refractivity contribution in [2.75, 3.05) is 0 Å². The molecule has 0 aromatic carbocycles. The summed E-state index contributed by atoms with van der Waals surface area (Å²) in [5.74, 6) is 0. The number of hydrogen-bond donors (Lipinski definition) is 1. The molecule has 0 bridgehead atoms. The first-order valence-electron chi connectivity index (χ1n) is 5.29. The predicted molar refractivity (Wildman–Crippen MR) is 62.8 cm³/mol. The predicted octanol–water partition coefficient (Wildman–Crippen LogP) is 2.37. The van der Waals surface area contributed by atoms with Gasteiger partial charge in [-0.3, -0.25) is 4.68 Å². The van der Waals surface area contributed by atoms with Gasteiger partial charge < -0.3 is 5.73 Å². The zero-order valence-corrected chi connectivity index (χ0v) is 9.88. The highest BCUT2D eigenvalue weighted by molar-refractivity contribution is 6.32. The average Bonchev–Trinajstić information content (AvgIpc) is 2.43. The molecule has 0 aliphatic heterocycles. The zero-order chi connectivity index (χ0) is 11.0. The molecule has 2 rings (SSSR count). The first-order chi connectivity index (χ1) is 7.11. The van der Waals surface area contributed by atoms with Crippen LogP contribution in [0.2, 0.25) is 5.02 Å². The molecule has 2 N–H and O–H groups in total. The maximum atomic E-state index is 6.20. The van der Waals surface area contributed by atoms with E-state index in [0.717, 1.165) is 35.8 Å². The first-order valence-corrected chi connectivity index (χ1v) is 5.67. The Balaban J connectivity index is 2.31. The summed E-state index contributed by atoms with van der Waals surface area (Å²) in [4.78, 5) is 0. The highest BCUT2D eigenvalue weighted by Gasteiger charge is 2.20. The summed E-state index contributed by atoms with van der Waals surface area (Å²) in [6, 6.07) is 0.342. The van der Waals surface area contributed by atoms with Crippen molar-refractivity contribution in [2.45, 2.75) is 39.3 Å². The molecule has 1 aliphatic rings. The van der Waals surface area contributed by atoms with Crippen LogP contribution in [0.4, 0.5) is 0 Å². The van der Waals surface area contributed by atoms with Crippen LogP contribution in [0.3, 0.4) is 0 Å². The van der Waals surface area contributed by atoms with Crippen molar-refractivity contribution < 1.29 is 0 Å². The summed E-state index contributed by atoms with van der Waals surface area (Å²) < 4.78 is 1.94. The molecule has 1 aromatic heterocycles. The molecule has 1 saturated carbocycles. The molecule has 1 aliphatic carbocycles. The second-order valence-electron chi connectivity index (χ2n) is 4.07. The number of aromatic nitrogens is 2. The fourth-order valence-corrected chi connectivity index (χ4v) is 2.07. The smallest absolute Gasteiger partial charge is 0.0888 e. The van der Waals surface area contributed by atoms with Crippen molar-refractivity contribution in [3.8, 4) is 0 Å². The van der Waals surface area contributed by atoms with E-state index in [-0.39, 0.29) is 0 Å². The number of nitrogens with zero attached hydrogens (tertiary/aromatic N) is 2. The molecular formula is C11H16ClN3. The lowest BCUT2D eigenvalue weighted by Crippen LogP contribution is -2.30. The van der Waals surface area contributed by atoms with Crippen LogP contribution in [0.15, 0.2) is 5.57 Å². The Labute approximate surface area is 94.9 Å². The summed E-state index contributed by atoms with van der Waals surface area (Å²) in [7, 11) is 0. The monoisotopic (exact) mass is 225 g/mol. The van der Waals surface area contributed by atoms with Crippen molar-refractivity contribution in [2.24, 2.45) is 5.73 Å². The third kappa shape index (κ3) is 1.94. The minimum absolute atomic E-state index is 0.342. The van der Waals surface area contributed by atoms with Gasteiger partial charge in [-0.15, -0.1) is 0 Å². The third-order valence-corrected chi connectivity index (χ3v) is 3.25. The summed E-state index contributed by atoms with van der Waals surface area (Å²) in [5, 5.41) is 5.14. The van der Waals surface area contributed by atoms with Gasteiger partial charge in [-0.2, -0.15) is 5.10 Å². The molecule has 15 heavy (non-hydrogen) atoms. The molecule has 0 spiro atoms. The van der Waals surface area contributed by atoms with Crippen LogP contribution in [0.25, 0.3) is 6.08 Å². The van der Waals surface area contributed by atoms with Crippen molar-refractivity contribution in [3.05, 3.63) is 22.0 Å². The van der Waals surface area contributed by atoms with Gasteiger partial charge in [0.1, 0.15) is 0 Å². The van der Waals surface area contributed by atoms with E-state index in [1.54, 1.807) is 0 Å². The third-order valence-electron chi connectivity index (χ3n) is 2.78. The van der Waals surface area contributed by atoms with Crippen LogP contribution in [0.1, 0.15) is 31.2 Å². The minimum Gasteiger partial charge on any atom is -0.327 e. The number of nitrogens with two attached hydrogens (primary N) is 1. The fraction of sp³-hybridized carbons (Fsp3) is 0.545. The van der Waals surface area contributed by atoms with Crippen LogP contribution in [0, 0.1) is 6.92 Å². The molecule has 4 heteroatoms. The van der Waals surface area contributed by atoms with Gasteiger partial charge in [0.05, 0.1) is 16.4 Å². The normalized spacial score (nSPS) is 20.3. The topological polar surface area (TPSA) is 43.8 Å². The summed E-state index contributed by atoms with van der Waals surface area (Å²) in [6.45, 7) is 4.85. The number of aryl methyl sites for hydroxylation is 2. The van der Waals surface area contributed by atoms with Crippen LogP contribution in [-0.4, -0.2) is 15.8 Å². The Morgan fingerprint density at radius 1 is 1.60 bits per heavy atom. The average molecular weight is 226 g/mol. The van der Waals surface area contributed by atoms with Crippen LogP contribution < -0.4 is 5.73 Å². The van der Waals surface area contributed by atoms with Gasteiger partial charge in [-0.25, -0.2) is 0 Å². The Morgan fingerprint density at radius 3 is 2.80 bits per heavy atom. The molecule has 0 atom stereocenters. The van der Waals surface area contributed by atoms with E-state index in [1.807, 2.05) is 11.6 Å². The second kappa shape index (κ2) is 3.99. The van der Waals surface area contributed by atoms with E-state index in [1.165, 1.54) is 5.57 Å². The molecule has 82 valence electrons. The molecule has 1 heterocycles. The largest absolute Gasteiger partial charge is 0.327 e. The number of halogens is 1. The molecule has 1 fully saturated rings. The quantitative estimate of drug-likeness (QED) is 0.840. The van der Waals surface area contributed by atoms with Gasteiger partial charge in [0.25, 0.3) is 0 Å². The molecule has 0 saturated heterocycles. The minimum atomic E-state index is 0.342. The van der Waals surface area contributed by atoms with Gasteiger partial charge in [0.2, 0.25) is 0 Å². The fourth-order valence-electron chi connectivity index (χ4n) is 1.88. The van der Waals surface area contributed by atoms with Crippen LogP contribution in [0.5, 0.6) is 0 Å². The maximum Gasteiger partial charge on any atom is 0.0888 e. The van der Waals surface area contributed by atoms with Crippen molar-refractivity contribution in [1.29, 1.82) is 0 Å². The van der Waals surface area contributed by atoms with Gasteiger partial charge in [-0.05, 0) is 32.8 Å². The number of rotatable bonds is 2. The SMILES string of the molecule is CCn1nc(C)c(Cl)c1C=C1CC(N)C1. The summed E-state index contributed by atoms with van der Waals surface area (Å²) >= 11 is 6.20. The molecule has 3 nitrogen and oxygen atoms in total. The lowest BCUT2D eigenvalue weighted by atomic mass is 9.86. The highest BCUT2D eigenvalue weighted by Crippen LogP contribution is 2.30. The number of hydrogen-bond acceptors (Lipinski definition) is 2. The van der Waals surface area contributed by atoms with Crippen molar-refractivity contribution in [1.82, 2.24) is 9.78 Å². The first kappa shape index (κ1) is 10.7. The van der Waals surface area contributed by atoms with E-state index in [0.29, 0.717) is 6.04 Å². The van der Waals surface area contributed by atoms with Crippen LogP contribution >= 0.6 is 11.6 Å². The van der Waals surface area contributed by atoms with E-state index in [4.69, 9.17) is 17.3 Å². The highest BCUT2D eigenvalue weighted by atomic mass is 35.5. The lowest BCUT2D eigenvalue weighted by molar-refractivity contribution is 0.545. The molecule has 1 aromatic rings. The molecule has 0 amide bonds. The Bertz CT molecular complexity index is 398. The van der Waals surface area contributed by atoms with Gasteiger partial charge >= 0.3 is 0 Å². The Hall–Kier alpha value is -0.800. The van der Waals surface area contributed by atoms with Gasteiger partial charge in [0.15, 0.2) is 0 Å².